The number of thiophene rings is 1. The summed E-state index contributed by atoms with van der Waals surface area (Å²) in [5, 5.41) is 10.3. The van der Waals surface area contributed by atoms with Crippen molar-refractivity contribution in [2.45, 2.75) is 20.4 Å². The predicted octanol–water partition coefficient (Wildman–Crippen LogP) is 4.12. The van der Waals surface area contributed by atoms with Crippen LogP contribution in [0.2, 0.25) is 0 Å². The Bertz CT molecular complexity index is 748. The molecule has 98 valence electrons. The molecule has 0 aliphatic rings. The number of aromatic amines is 1. The van der Waals surface area contributed by atoms with E-state index < -0.39 is 0 Å². The molecule has 4 nitrogen and oxygen atoms in total. The summed E-state index contributed by atoms with van der Waals surface area (Å²) in [7, 11) is 0. The molecule has 0 saturated heterocycles. The number of nitrogens with one attached hydrogen (secondary N) is 1. The van der Waals surface area contributed by atoms with Gasteiger partial charge in [0.2, 0.25) is 0 Å². The van der Waals surface area contributed by atoms with Crippen molar-refractivity contribution in [1.29, 1.82) is 0 Å². The van der Waals surface area contributed by atoms with E-state index >= 15 is 0 Å². The van der Waals surface area contributed by atoms with E-state index in [1.165, 1.54) is 4.88 Å². The van der Waals surface area contributed by atoms with Gasteiger partial charge in [-0.15, -0.1) is 22.7 Å². The minimum atomic E-state index is 0.656. The van der Waals surface area contributed by atoms with Crippen molar-refractivity contribution in [2.24, 2.45) is 0 Å². The number of hydrogen-bond donors (Lipinski definition) is 1. The van der Waals surface area contributed by atoms with E-state index in [-0.39, 0.29) is 0 Å². The Morgan fingerprint density at radius 3 is 3.00 bits per heavy atom. The Morgan fingerprint density at radius 2 is 2.32 bits per heavy atom. The van der Waals surface area contributed by atoms with Crippen LogP contribution in [0.15, 0.2) is 17.5 Å². The molecule has 0 saturated carbocycles. The van der Waals surface area contributed by atoms with Crippen LogP contribution in [0.3, 0.4) is 0 Å². The molecule has 0 amide bonds. The van der Waals surface area contributed by atoms with E-state index in [0.717, 1.165) is 27.9 Å². The third-order valence-electron chi connectivity index (χ3n) is 2.81. The maximum Gasteiger partial charge on any atom is 0.195 e. The summed E-state index contributed by atoms with van der Waals surface area (Å²) in [6, 6.07) is 4.13. The second-order valence-corrected chi connectivity index (χ2v) is 6.34. The van der Waals surface area contributed by atoms with E-state index in [1.807, 2.05) is 17.6 Å². The summed E-state index contributed by atoms with van der Waals surface area (Å²) in [5.41, 5.74) is 0.997. The fourth-order valence-electron chi connectivity index (χ4n) is 1.89. The smallest absolute Gasteiger partial charge is 0.195 e. The second kappa shape index (κ2) is 4.99. The quantitative estimate of drug-likeness (QED) is 0.740. The summed E-state index contributed by atoms with van der Waals surface area (Å²) in [5.74, 6) is 0.880. The summed E-state index contributed by atoms with van der Waals surface area (Å²) in [6.45, 7) is 4.88. The molecule has 0 atom stereocenters. The lowest BCUT2D eigenvalue weighted by Gasteiger charge is -2.00. The topological polar surface area (TPSA) is 46.5 Å². The average molecular weight is 308 g/mol. The lowest BCUT2D eigenvalue weighted by Crippen LogP contribution is -1.97. The Hall–Kier alpha value is -1.31. The van der Waals surface area contributed by atoms with Gasteiger partial charge in [0, 0.05) is 6.54 Å². The molecule has 0 fully saturated rings. The molecule has 3 aromatic heterocycles. The Morgan fingerprint density at radius 1 is 1.47 bits per heavy atom. The molecule has 0 radical (unpaired) electrons. The normalized spacial score (nSPS) is 11.1. The van der Waals surface area contributed by atoms with Gasteiger partial charge in [-0.1, -0.05) is 6.07 Å². The van der Waals surface area contributed by atoms with Crippen LogP contribution in [0, 0.1) is 11.7 Å². The van der Waals surface area contributed by atoms with E-state index in [0.29, 0.717) is 4.77 Å². The standard InChI is InChI=1S/C12H12N4S3/c1-3-16-10(14-15-12(16)17)9-7(2)13-11(19-9)8-5-4-6-18-8/h4-6H,3H2,1-2H3,(H,15,17). The van der Waals surface area contributed by atoms with Gasteiger partial charge in [-0.25, -0.2) is 4.98 Å². The van der Waals surface area contributed by atoms with Gasteiger partial charge in [0.15, 0.2) is 10.6 Å². The number of hydrogen-bond acceptors (Lipinski definition) is 5. The molecule has 0 bridgehead atoms. The molecule has 0 spiro atoms. The molecule has 7 heteroatoms. The third kappa shape index (κ3) is 2.18. The fourth-order valence-corrected chi connectivity index (χ4v) is 4.02. The number of aromatic nitrogens is 4. The summed E-state index contributed by atoms with van der Waals surface area (Å²) in [6.07, 6.45) is 0. The number of thiazole rings is 1. The highest BCUT2D eigenvalue weighted by Crippen LogP contribution is 2.36. The zero-order valence-electron chi connectivity index (χ0n) is 10.5. The van der Waals surface area contributed by atoms with Crippen molar-refractivity contribution in [1.82, 2.24) is 19.7 Å². The maximum atomic E-state index is 5.23. The molecule has 3 rings (SSSR count). The van der Waals surface area contributed by atoms with Crippen LogP contribution >= 0.6 is 34.9 Å². The van der Waals surface area contributed by atoms with Crippen LogP contribution in [0.1, 0.15) is 12.6 Å². The number of rotatable bonds is 3. The zero-order chi connectivity index (χ0) is 13.4. The predicted molar refractivity (Wildman–Crippen MR) is 82.2 cm³/mol. The zero-order valence-corrected chi connectivity index (χ0v) is 13.0. The molecule has 0 unspecified atom stereocenters. The highest BCUT2D eigenvalue weighted by atomic mass is 32.1. The first-order valence-corrected chi connectivity index (χ1v) is 7.98. The van der Waals surface area contributed by atoms with Crippen LogP contribution in [0.4, 0.5) is 0 Å². The first-order chi connectivity index (χ1) is 9.20. The lowest BCUT2D eigenvalue weighted by atomic mass is 10.3. The fraction of sp³-hybridized carbons (Fsp3) is 0.250. The van der Waals surface area contributed by atoms with Crippen molar-refractivity contribution >= 4 is 34.9 Å². The van der Waals surface area contributed by atoms with Gasteiger partial charge in [-0.3, -0.25) is 9.67 Å². The maximum absolute atomic E-state index is 5.23. The van der Waals surface area contributed by atoms with Gasteiger partial charge in [-0.05, 0) is 37.5 Å². The monoisotopic (exact) mass is 308 g/mol. The summed E-state index contributed by atoms with van der Waals surface area (Å²) in [4.78, 5) is 6.91. The lowest BCUT2D eigenvalue weighted by molar-refractivity contribution is 0.756. The first kappa shape index (κ1) is 12.7. The van der Waals surface area contributed by atoms with Crippen LogP contribution in [0.5, 0.6) is 0 Å². The van der Waals surface area contributed by atoms with E-state index in [2.05, 4.69) is 33.6 Å². The molecule has 0 aromatic carbocycles. The summed E-state index contributed by atoms with van der Waals surface area (Å²) < 4.78 is 2.65. The van der Waals surface area contributed by atoms with Crippen LogP contribution < -0.4 is 0 Å². The third-order valence-corrected chi connectivity index (χ3v) is 5.31. The number of nitrogens with zero attached hydrogens (tertiary/aromatic N) is 3. The highest BCUT2D eigenvalue weighted by Gasteiger charge is 2.16. The van der Waals surface area contributed by atoms with Gasteiger partial charge >= 0.3 is 0 Å². The molecular weight excluding hydrogens is 296 g/mol. The van der Waals surface area contributed by atoms with Gasteiger partial charge in [0.25, 0.3) is 0 Å². The Labute approximate surface area is 123 Å². The second-order valence-electron chi connectivity index (χ2n) is 4.01. The van der Waals surface area contributed by atoms with Crippen LogP contribution in [-0.4, -0.2) is 19.7 Å². The number of aryl methyl sites for hydroxylation is 1. The SMILES string of the molecule is CCn1c(-c2sc(-c3cccs3)nc2C)n[nH]c1=S. The molecule has 3 heterocycles. The minimum absolute atomic E-state index is 0.656. The van der Waals surface area contributed by atoms with Crippen molar-refractivity contribution in [3.63, 3.8) is 0 Å². The molecular formula is C12H12N4S3. The van der Waals surface area contributed by atoms with Crippen molar-refractivity contribution < 1.29 is 0 Å². The van der Waals surface area contributed by atoms with Crippen LogP contribution in [-0.2, 0) is 6.54 Å². The Kier molecular flexibility index (Phi) is 3.34. The minimum Gasteiger partial charge on any atom is -0.300 e. The van der Waals surface area contributed by atoms with Crippen LogP contribution in [0.25, 0.3) is 20.6 Å². The molecule has 0 aliphatic heterocycles. The first-order valence-electron chi connectivity index (χ1n) is 5.87. The van der Waals surface area contributed by atoms with E-state index in [1.54, 1.807) is 22.7 Å². The van der Waals surface area contributed by atoms with Crippen molar-refractivity contribution in [3.8, 4) is 20.6 Å². The molecule has 3 aromatic rings. The Balaban J connectivity index is 2.13. The van der Waals surface area contributed by atoms with Gasteiger partial charge in [-0.2, -0.15) is 5.10 Å². The molecule has 0 aliphatic carbocycles. The highest BCUT2D eigenvalue weighted by molar-refractivity contribution is 7.71. The van der Waals surface area contributed by atoms with E-state index in [4.69, 9.17) is 12.2 Å². The van der Waals surface area contributed by atoms with Gasteiger partial charge in [0.1, 0.15) is 5.01 Å². The molecule has 1 N–H and O–H groups in total. The molecule has 19 heavy (non-hydrogen) atoms. The summed E-state index contributed by atoms with van der Waals surface area (Å²) >= 11 is 8.60. The number of H-pyrrole nitrogens is 1. The van der Waals surface area contributed by atoms with Crippen molar-refractivity contribution in [3.05, 3.63) is 28.0 Å². The average Bonchev–Trinajstić information content (AvgIpc) is 3.08. The van der Waals surface area contributed by atoms with Gasteiger partial charge < -0.3 is 0 Å². The van der Waals surface area contributed by atoms with Crippen molar-refractivity contribution in [2.75, 3.05) is 0 Å². The largest absolute Gasteiger partial charge is 0.300 e. The van der Waals surface area contributed by atoms with Gasteiger partial charge in [0.05, 0.1) is 15.4 Å². The van der Waals surface area contributed by atoms with E-state index in [9.17, 15) is 0 Å².